The Morgan fingerprint density at radius 2 is 1.88 bits per heavy atom. The molecule has 0 bridgehead atoms. The van der Waals surface area contributed by atoms with Gasteiger partial charge in [-0.3, -0.25) is 0 Å². The van der Waals surface area contributed by atoms with E-state index in [2.05, 4.69) is 0 Å². The fourth-order valence-electron chi connectivity index (χ4n) is 1.59. The van der Waals surface area contributed by atoms with Gasteiger partial charge in [-0.2, -0.15) is 0 Å². The second-order valence-electron chi connectivity index (χ2n) is 3.29. The number of hydrogen-bond donors (Lipinski definition) is 2. The number of phenolic OH excluding ortho intramolecular Hbond substituents is 1. The van der Waals surface area contributed by atoms with E-state index in [1.54, 1.807) is 0 Å². The van der Waals surface area contributed by atoms with E-state index in [1.807, 2.05) is 0 Å². The summed E-state index contributed by atoms with van der Waals surface area (Å²) < 4.78 is 14.6. The third-order valence-corrected chi connectivity index (χ3v) is 2.31. The molecule has 0 amide bonds. The standard InChI is InChI=1S/C11H10O6/c1-15-6-3-5(12)4-7-8(6)9(13)10(16-2)11(14)17-7/h3-4,12-13H,1-2H3. The van der Waals surface area contributed by atoms with Crippen molar-refractivity contribution in [3.8, 4) is 23.0 Å². The fraction of sp³-hybridized carbons (Fsp3) is 0.182. The van der Waals surface area contributed by atoms with E-state index >= 15 is 0 Å². The summed E-state index contributed by atoms with van der Waals surface area (Å²) in [5.41, 5.74) is -0.810. The molecule has 90 valence electrons. The number of fused-ring (bicyclic) bond motifs is 1. The van der Waals surface area contributed by atoms with Gasteiger partial charge >= 0.3 is 5.63 Å². The Hall–Kier alpha value is -2.37. The minimum atomic E-state index is -0.829. The Morgan fingerprint density at radius 3 is 2.47 bits per heavy atom. The van der Waals surface area contributed by atoms with Gasteiger partial charge in [-0.25, -0.2) is 4.79 Å². The summed E-state index contributed by atoms with van der Waals surface area (Å²) >= 11 is 0. The molecular formula is C11H10O6. The van der Waals surface area contributed by atoms with Crippen LogP contribution >= 0.6 is 0 Å². The number of ether oxygens (including phenoxy) is 2. The van der Waals surface area contributed by atoms with Gasteiger partial charge in [0, 0.05) is 12.1 Å². The molecule has 0 unspecified atom stereocenters. The van der Waals surface area contributed by atoms with Crippen LogP contribution in [0.1, 0.15) is 0 Å². The van der Waals surface area contributed by atoms with Gasteiger partial charge in [0.25, 0.3) is 0 Å². The first-order valence-corrected chi connectivity index (χ1v) is 4.69. The van der Waals surface area contributed by atoms with Crippen LogP contribution < -0.4 is 15.1 Å². The summed E-state index contributed by atoms with van der Waals surface area (Å²) in [6.45, 7) is 0. The Labute approximate surface area is 95.6 Å². The highest BCUT2D eigenvalue weighted by molar-refractivity contribution is 5.92. The van der Waals surface area contributed by atoms with Gasteiger partial charge in [0.1, 0.15) is 22.5 Å². The van der Waals surface area contributed by atoms with Crippen molar-refractivity contribution in [3.63, 3.8) is 0 Å². The Morgan fingerprint density at radius 1 is 1.18 bits per heavy atom. The lowest BCUT2D eigenvalue weighted by molar-refractivity contribution is 0.348. The van der Waals surface area contributed by atoms with Crippen LogP contribution in [0.3, 0.4) is 0 Å². The van der Waals surface area contributed by atoms with Gasteiger partial charge in [-0.05, 0) is 0 Å². The van der Waals surface area contributed by atoms with E-state index in [1.165, 1.54) is 26.4 Å². The van der Waals surface area contributed by atoms with E-state index < -0.39 is 5.63 Å². The van der Waals surface area contributed by atoms with Crippen LogP contribution in [-0.4, -0.2) is 24.4 Å². The van der Waals surface area contributed by atoms with E-state index in [-0.39, 0.29) is 34.0 Å². The lowest BCUT2D eigenvalue weighted by Gasteiger charge is -2.09. The SMILES string of the molecule is COc1c(O)c2c(OC)cc(O)cc2oc1=O. The second-order valence-corrected chi connectivity index (χ2v) is 3.29. The highest BCUT2D eigenvalue weighted by Gasteiger charge is 2.18. The number of benzene rings is 1. The van der Waals surface area contributed by atoms with Gasteiger partial charge in [0.05, 0.1) is 14.2 Å². The summed E-state index contributed by atoms with van der Waals surface area (Å²) in [4.78, 5) is 11.4. The smallest absolute Gasteiger partial charge is 0.383 e. The van der Waals surface area contributed by atoms with Crippen molar-refractivity contribution in [1.29, 1.82) is 0 Å². The molecular weight excluding hydrogens is 228 g/mol. The van der Waals surface area contributed by atoms with Crippen LogP contribution in [0.15, 0.2) is 21.3 Å². The van der Waals surface area contributed by atoms with E-state index in [0.717, 1.165) is 0 Å². The zero-order chi connectivity index (χ0) is 12.6. The minimum Gasteiger partial charge on any atom is -0.508 e. The lowest BCUT2D eigenvalue weighted by atomic mass is 10.2. The number of rotatable bonds is 2. The zero-order valence-corrected chi connectivity index (χ0v) is 9.18. The van der Waals surface area contributed by atoms with Gasteiger partial charge in [-0.1, -0.05) is 0 Å². The summed E-state index contributed by atoms with van der Waals surface area (Å²) in [5, 5.41) is 19.5. The molecule has 6 heteroatoms. The van der Waals surface area contributed by atoms with E-state index in [0.29, 0.717) is 0 Å². The topological polar surface area (TPSA) is 89.1 Å². The molecule has 0 saturated heterocycles. The van der Waals surface area contributed by atoms with Gasteiger partial charge in [0.15, 0.2) is 5.75 Å². The largest absolute Gasteiger partial charge is 0.508 e. The van der Waals surface area contributed by atoms with Gasteiger partial charge < -0.3 is 24.1 Å². The summed E-state index contributed by atoms with van der Waals surface area (Å²) in [7, 11) is 2.61. The molecule has 1 aromatic heterocycles. The number of methoxy groups -OCH3 is 2. The van der Waals surface area contributed by atoms with Crippen molar-refractivity contribution in [1.82, 2.24) is 0 Å². The first kappa shape index (κ1) is 11.1. The Balaban J connectivity index is 2.97. The molecule has 6 nitrogen and oxygen atoms in total. The van der Waals surface area contributed by atoms with Crippen LogP contribution in [0.4, 0.5) is 0 Å². The van der Waals surface area contributed by atoms with Crippen LogP contribution in [-0.2, 0) is 0 Å². The highest BCUT2D eigenvalue weighted by Crippen LogP contribution is 2.39. The molecule has 0 saturated carbocycles. The van der Waals surface area contributed by atoms with Crippen molar-refractivity contribution < 1.29 is 24.1 Å². The summed E-state index contributed by atoms with van der Waals surface area (Å²) in [6, 6.07) is 2.50. The fourth-order valence-corrected chi connectivity index (χ4v) is 1.59. The summed E-state index contributed by atoms with van der Waals surface area (Å²) in [6.07, 6.45) is 0. The van der Waals surface area contributed by atoms with Crippen molar-refractivity contribution in [2.45, 2.75) is 0 Å². The maximum Gasteiger partial charge on any atom is 0.383 e. The molecule has 0 aliphatic rings. The molecule has 1 aromatic carbocycles. The predicted octanol–water partition coefficient (Wildman–Crippen LogP) is 1.22. The molecule has 2 aromatic rings. The third kappa shape index (κ3) is 1.63. The number of hydrogen-bond acceptors (Lipinski definition) is 6. The monoisotopic (exact) mass is 238 g/mol. The van der Waals surface area contributed by atoms with Crippen LogP contribution in [0.2, 0.25) is 0 Å². The molecule has 0 aliphatic carbocycles. The van der Waals surface area contributed by atoms with Crippen molar-refractivity contribution in [2.75, 3.05) is 14.2 Å². The zero-order valence-electron chi connectivity index (χ0n) is 9.18. The normalized spacial score (nSPS) is 10.5. The van der Waals surface area contributed by atoms with Gasteiger partial charge in [0.2, 0.25) is 5.75 Å². The quantitative estimate of drug-likeness (QED) is 0.764. The number of aromatic hydroxyl groups is 2. The van der Waals surface area contributed by atoms with Crippen LogP contribution in [0.5, 0.6) is 23.0 Å². The predicted molar refractivity (Wildman–Crippen MR) is 58.9 cm³/mol. The lowest BCUT2D eigenvalue weighted by Crippen LogP contribution is -2.04. The first-order chi connectivity index (χ1) is 8.08. The molecule has 17 heavy (non-hydrogen) atoms. The average molecular weight is 238 g/mol. The molecule has 0 atom stereocenters. The van der Waals surface area contributed by atoms with Crippen molar-refractivity contribution >= 4 is 11.0 Å². The van der Waals surface area contributed by atoms with Crippen molar-refractivity contribution in [2.24, 2.45) is 0 Å². The molecule has 0 radical (unpaired) electrons. The highest BCUT2D eigenvalue weighted by atomic mass is 16.5. The van der Waals surface area contributed by atoms with E-state index in [4.69, 9.17) is 13.9 Å². The van der Waals surface area contributed by atoms with E-state index in [9.17, 15) is 15.0 Å². The minimum absolute atomic E-state index is 0.0187. The molecule has 0 spiro atoms. The molecule has 2 N–H and O–H groups in total. The molecule has 0 fully saturated rings. The Bertz CT molecular complexity index is 628. The molecule has 1 heterocycles. The summed E-state index contributed by atoms with van der Waals surface area (Å²) in [5.74, 6) is -0.640. The average Bonchev–Trinajstić information content (AvgIpc) is 2.27. The maximum absolute atomic E-state index is 11.4. The Kier molecular flexibility index (Phi) is 2.55. The first-order valence-electron chi connectivity index (χ1n) is 4.69. The van der Waals surface area contributed by atoms with Crippen molar-refractivity contribution in [3.05, 3.63) is 22.6 Å². The van der Waals surface area contributed by atoms with Crippen LogP contribution in [0.25, 0.3) is 11.0 Å². The van der Waals surface area contributed by atoms with Crippen LogP contribution in [0, 0.1) is 0 Å². The maximum atomic E-state index is 11.4. The second kappa shape index (κ2) is 3.89. The molecule has 0 aliphatic heterocycles. The third-order valence-electron chi connectivity index (χ3n) is 2.31. The molecule has 2 rings (SSSR count). The number of phenols is 1. The van der Waals surface area contributed by atoms with Gasteiger partial charge in [-0.15, -0.1) is 0 Å².